The molecule has 0 bridgehead atoms. The second-order valence-corrected chi connectivity index (χ2v) is 4.68. The van der Waals surface area contributed by atoms with Crippen LogP contribution in [0.15, 0.2) is 17.5 Å². The van der Waals surface area contributed by atoms with E-state index >= 15 is 0 Å². The van der Waals surface area contributed by atoms with Gasteiger partial charge in [0.15, 0.2) is 0 Å². The maximum absolute atomic E-state index is 12.1. The van der Waals surface area contributed by atoms with Gasteiger partial charge < -0.3 is 0 Å². The van der Waals surface area contributed by atoms with Crippen molar-refractivity contribution in [3.63, 3.8) is 0 Å². The number of carbonyl (C=O) groups excluding carboxylic acids is 1. The Kier molecular flexibility index (Phi) is 1.62. The number of aryl methyl sites for hydroxylation is 2. The highest BCUT2D eigenvalue weighted by Gasteiger charge is 2.30. The van der Waals surface area contributed by atoms with Crippen LogP contribution in [0.2, 0.25) is 0 Å². The van der Waals surface area contributed by atoms with Gasteiger partial charge in [-0.15, -0.1) is 11.3 Å². The lowest BCUT2D eigenvalue weighted by Crippen LogP contribution is -2.00. The maximum Gasteiger partial charge on any atom is 0.206 e. The number of thiophene rings is 1. The molecule has 2 aromatic rings. The Hall–Kier alpha value is -1.48. The van der Waals surface area contributed by atoms with Gasteiger partial charge in [-0.3, -0.25) is 9.78 Å². The normalized spacial score (nSPS) is 12.8. The first kappa shape index (κ1) is 8.80. The molecule has 2 heterocycles. The standard InChI is InChI=1S/C12H9NOS/c1-6-5-9-8-3-4-15-12(8)11(14)10(9)7(2)13-6/h3-5H,1-2H3. The molecule has 15 heavy (non-hydrogen) atoms. The van der Waals surface area contributed by atoms with Gasteiger partial charge in [0.25, 0.3) is 0 Å². The van der Waals surface area contributed by atoms with Crippen molar-refractivity contribution in [1.82, 2.24) is 4.98 Å². The molecule has 0 amide bonds. The molecule has 0 fully saturated rings. The van der Waals surface area contributed by atoms with Gasteiger partial charge >= 0.3 is 0 Å². The summed E-state index contributed by atoms with van der Waals surface area (Å²) in [5.41, 5.74) is 4.74. The van der Waals surface area contributed by atoms with Crippen molar-refractivity contribution in [2.75, 3.05) is 0 Å². The maximum atomic E-state index is 12.1. The zero-order valence-electron chi connectivity index (χ0n) is 8.50. The molecule has 0 radical (unpaired) electrons. The molecule has 3 rings (SSSR count). The number of fused-ring (bicyclic) bond motifs is 3. The lowest BCUT2D eigenvalue weighted by Gasteiger charge is -2.03. The largest absolute Gasteiger partial charge is 0.288 e. The first-order chi connectivity index (χ1) is 7.18. The van der Waals surface area contributed by atoms with Crippen LogP contribution in [0, 0.1) is 13.8 Å². The number of pyridine rings is 1. The Labute approximate surface area is 91.6 Å². The van der Waals surface area contributed by atoms with E-state index in [1.165, 1.54) is 11.3 Å². The van der Waals surface area contributed by atoms with Gasteiger partial charge in [0.1, 0.15) is 0 Å². The molecule has 0 N–H and O–H groups in total. The van der Waals surface area contributed by atoms with Crippen molar-refractivity contribution < 1.29 is 4.79 Å². The molecule has 2 aromatic heterocycles. The molecule has 1 aliphatic carbocycles. The van der Waals surface area contributed by atoms with Crippen LogP contribution in [0.25, 0.3) is 11.1 Å². The highest BCUT2D eigenvalue weighted by molar-refractivity contribution is 7.13. The topological polar surface area (TPSA) is 30.0 Å². The van der Waals surface area contributed by atoms with Gasteiger partial charge in [-0.05, 0) is 36.9 Å². The molecule has 1 aliphatic rings. The summed E-state index contributed by atoms with van der Waals surface area (Å²) >= 11 is 1.51. The van der Waals surface area contributed by atoms with Crippen molar-refractivity contribution in [3.8, 4) is 11.1 Å². The fourth-order valence-electron chi connectivity index (χ4n) is 2.14. The Morgan fingerprint density at radius 1 is 1.27 bits per heavy atom. The van der Waals surface area contributed by atoms with Crippen molar-refractivity contribution in [3.05, 3.63) is 39.3 Å². The number of nitrogens with zero attached hydrogens (tertiary/aromatic N) is 1. The fourth-order valence-corrected chi connectivity index (χ4v) is 2.99. The molecular formula is C12H9NOS. The van der Waals surface area contributed by atoms with Crippen LogP contribution in [0.3, 0.4) is 0 Å². The van der Waals surface area contributed by atoms with Gasteiger partial charge in [0.05, 0.1) is 10.4 Å². The van der Waals surface area contributed by atoms with Crippen LogP contribution < -0.4 is 0 Å². The number of aromatic nitrogens is 1. The summed E-state index contributed by atoms with van der Waals surface area (Å²) in [5.74, 6) is 0.139. The molecule has 0 spiro atoms. The molecular weight excluding hydrogens is 206 g/mol. The van der Waals surface area contributed by atoms with E-state index in [4.69, 9.17) is 0 Å². The monoisotopic (exact) mass is 215 g/mol. The molecule has 2 nitrogen and oxygen atoms in total. The van der Waals surface area contributed by atoms with Crippen molar-refractivity contribution >= 4 is 17.1 Å². The Balaban J connectivity index is 2.43. The third-order valence-corrected chi connectivity index (χ3v) is 3.63. The number of carbonyl (C=O) groups is 1. The average Bonchev–Trinajstić information content (AvgIpc) is 2.70. The van der Waals surface area contributed by atoms with E-state index in [2.05, 4.69) is 4.98 Å². The van der Waals surface area contributed by atoms with Gasteiger partial charge in [-0.1, -0.05) is 0 Å². The lowest BCUT2D eigenvalue weighted by atomic mass is 10.1. The molecule has 0 saturated heterocycles. The molecule has 0 aromatic carbocycles. The van der Waals surface area contributed by atoms with Gasteiger partial charge in [-0.25, -0.2) is 0 Å². The van der Waals surface area contributed by atoms with E-state index < -0.39 is 0 Å². The van der Waals surface area contributed by atoms with Crippen LogP contribution >= 0.6 is 11.3 Å². The zero-order valence-corrected chi connectivity index (χ0v) is 9.31. The smallest absolute Gasteiger partial charge is 0.206 e. The second-order valence-electron chi connectivity index (χ2n) is 3.76. The molecule has 3 heteroatoms. The summed E-state index contributed by atoms with van der Waals surface area (Å²) in [5, 5.41) is 1.97. The van der Waals surface area contributed by atoms with Crippen LogP contribution in [0.4, 0.5) is 0 Å². The summed E-state index contributed by atoms with van der Waals surface area (Å²) in [6.45, 7) is 3.86. The Bertz CT molecular complexity index is 583. The SMILES string of the molecule is Cc1cc2c(c(C)n1)C(=O)c1sccc1-2. The number of rotatable bonds is 0. The van der Waals surface area contributed by atoms with E-state index in [0.29, 0.717) is 0 Å². The van der Waals surface area contributed by atoms with Crippen LogP contribution in [-0.4, -0.2) is 10.8 Å². The summed E-state index contributed by atoms with van der Waals surface area (Å²) in [7, 11) is 0. The second kappa shape index (κ2) is 2.76. The first-order valence-electron chi connectivity index (χ1n) is 4.79. The molecule has 0 aliphatic heterocycles. The van der Waals surface area contributed by atoms with E-state index in [1.807, 2.05) is 31.4 Å². The number of hydrogen-bond donors (Lipinski definition) is 0. The Morgan fingerprint density at radius 2 is 2.07 bits per heavy atom. The molecule has 0 atom stereocenters. The summed E-state index contributed by atoms with van der Waals surface area (Å²) in [6.07, 6.45) is 0. The fraction of sp³-hybridized carbons (Fsp3) is 0.167. The minimum atomic E-state index is 0.139. The van der Waals surface area contributed by atoms with Crippen LogP contribution in [-0.2, 0) is 0 Å². The minimum absolute atomic E-state index is 0.139. The number of hydrogen-bond acceptors (Lipinski definition) is 3. The molecule has 74 valence electrons. The minimum Gasteiger partial charge on any atom is -0.288 e. The Morgan fingerprint density at radius 3 is 2.87 bits per heavy atom. The van der Waals surface area contributed by atoms with Gasteiger partial charge in [-0.2, -0.15) is 0 Å². The summed E-state index contributed by atoms with van der Waals surface area (Å²) in [6, 6.07) is 4.02. The van der Waals surface area contributed by atoms with Crippen LogP contribution in [0.5, 0.6) is 0 Å². The molecule has 0 saturated carbocycles. The predicted octanol–water partition coefficient (Wildman–Crippen LogP) is 2.97. The lowest BCUT2D eigenvalue weighted by molar-refractivity contribution is 0.104. The summed E-state index contributed by atoms with van der Waals surface area (Å²) < 4.78 is 0. The summed E-state index contributed by atoms with van der Waals surface area (Å²) in [4.78, 5) is 17.3. The predicted molar refractivity (Wildman–Crippen MR) is 60.5 cm³/mol. The van der Waals surface area contributed by atoms with Crippen molar-refractivity contribution in [2.45, 2.75) is 13.8 Å². The van der Waals surface area contributed by atoms with E-state index in [0.717, 1.165) is 33.0 Å². The van der Waals surface area contributed by atoms with E-state index in [-0.39, 0.29) is 5.78 Å². The highest BCUT2D eigenvalue weighted by Crippen LogP contribution is 2.40. The zero-order chi connectivity index (χ0) is 10.6. The van der Waals surface area contributed by atoms with Gasteiger partial charge in [0, 0.05) is 17.0 Å². The van der Waals surface area contributed by atoms with E-state index in [9.17, 15) is 4.79 Å². The quantitative estimate of drug-likeness (QED) is 0.577. The first-order valence-corrected chi connectivity index (χ1v) is 5.67. The number of ketones is 1. The van der Waals surface area contributed by atoms with Crippen molar-refractivity contribution in [2.24, 2.45) is 0 Å². The highest BCUT2D eigenvalue weighted by atomic mass is 32.1. The van der Waals surface area contributed by atoms with Crippen molar-refractivity contribution in [1.29, 1.82) is 0 Å². The third kappa shape index (κ3) is 1.04. The average molecular weight is 215 g/mol. The van der Waals surface area contributed by atoms with Crippen LogP contribution in [0.1, 0.15) is 26.6 Å². The van der Waals surface area contributed by atoms with E-state index in [1.54, 1.807) is 0 Å². The molecule has 0 unspecified atom stereocenters. The van der Waals surface area contributed by atoms with Gasteiger partial charge in [0.2, 0.25) is 5.78 Å². The third-order valence-electron chi connectivity index (χ3n) is 2.72.